The number of hydrogen-bond donors (Lipinski definition) is 0. The number of rotatable bonds is 0. The second-order valence-electron chi connectivity index (χ2n) is 2.33. The second kappa shape index (κ2) is 2.70. The van der Waals surface area contributed by atoms with E-state index in [2.05, 4.69) is 15.9 Å². The van der Waals surface area contributed by atoms with Crippen molar-refractivity contribution in [2.24, 2.45) is 0 Å². The van der Waals surface area contributed by atoms with Crippen molar-refractivity contribution in [2.45, 2.75) is 13.8 Å². The first kappa shape index (κ1) is 7.73. The van der Waals surface area contributed by atoms with E-state index in [1.165, 1.54) is 6.07 Å². The van der Waals surface area contributed by atoms with Crippen LogP contribution in [-0.2, 0) is 0 Å². The summed E-state index contributed by atoms with van der Waals surface area (Å²) in [5, 5.41) is 0. The van der Waals surface area contributed by atoms with Crippen molar-refractivity contribution in [3.63, 3.8) is 0 Å². The van der Waals surface area contributed by atoms with E-state index in [9.17, 15) is 4.39 Å². The predicted octanol–water partition coefficient (Wildman–Crippen LogP) is 3.21. The van der Waals surface area contributed by atoms with Gasteiger partial charge in [0, 0.05) is 4.47 Å². The second-order valence-corrected chi connectivity index (χ2v) is 3.25. The smallest absolute Gasteiger partial charge is 0.127 e. The SMILES string of the molecule is Cc1cc(Br)cc(F)c1C. The van der Waals surface area contributed by atoms with Crippen molar-refractivity contribution in [2.75, 3.05) is 0 Å². The summed E-state index contributed by atoms with van der Waals surface area (Å²) in [6, 6.07) is 3.38. The molecule has 1 rings (SSSR count). The van der Waals surface area contributed by atoms with Gasteiger partial charge in [0.15, 0.2) is 0 Å². The lowest BCUT2D eigenvalue weighted by atomic mass is 10.1. The van der Waals surface area contributed by atoms with Gasteiger partial charge in [-0.3, -0.25) is 0 Å². The maximum Gasteiger partial charge on any atom is 0.127 e. The van der Waals surface area contributed by atoms with E-state index >= 15 is 0 Å². The Hall–Kier alpha value is -0.370. The Morgan fingerprint density at radius 3 is 2.40 bits per heavy atom. The molecule has 54 valence electrons. The highest BCUT2D eigenvalue weighted by Gasteiger charge is 2.00. The van der Waals surface area contributed by atoms with Gasteiger partial charge in [-0.25, -0.2) is 4.39 Å². The van der Waals surface area contributed by atoms with Gasteiger partial charge in [-0.05, 0) is 37.1 Å². The minimum atomic E-state index is -0.146. The van der Waals surface area contributed by atoms with E-state index in [1.54, 1.807) is 6.92 Å². The van der Waals surface area contributed by atoms with Crippen molar-refractivity contribution < 1.29 is 4.39 Å². The molecular weight excluding hydrogens is 195 g/mol. The van der Waals surface area contributed by atoms with E-state index in [1.807, 2.05) is 13.0 Å². The van der Waals surface area contributed by atoms with Gasteiger partial charge in [0.05, 0.1) is 0 Å². The third kappa shape index (κ3) is 1.37. The Bertz CT molecular complexity index is 232. The molecule has 0 saturated carbocycles. The Morgan fingerprint density at radius 1 is 1.30 bits per heavy atom. The van der Waals surface area contributed by atoms with E-state index in [-0.39, 0.29) is 5.82 Å². The van der Waals surface area contributed by atoms with Crippen molar-refractivity contribution >= 4 is 15.9 Å². The fraction of sp³-hybridized carbons (Fsp3) is 0.250. The van der Waals surface area contributed by atoms with Gasteiger partial charge in [-0.15, -0.1) is 0 Å². The van der Waals surface area contributed by atoms with E-state index < -0.39 is 0 Å². The quantitative estimate of drug-likeness (QED) is 0.607. The number of hydrogen-bond acceptors (Lipinski definition) is 0. The molecule has 0 unspecified atom stereocenters. The van der Waals surface area contributed by atoms with Crippen LogP contribution in [0.25, 0.3) is 0 Å². The number of benzene rings is 1. The zero-order chi connectivity index (χ0) is 7.72. The summed E-state index contributed by atoms with van der Waals surface area (Å²) in [4.78, 5) is 0. The highest BCUT2D eigenvalue weighted by atomic mass is 79.9. The first-order valence-electron chi connectivity index (χ1n) is 3.03. The number of halogens is 2. The molecule has 1 aromatic carbocycles. The summed E-state index contributed by atoms with van der Waals surface area (Å²) in [5.74, 6) is -0.146. The fourth-order valence-electron chi connectivity index (χ4n) is 0.774. The zero-order valence-electron chi connectivity index (χ0n) is 5.91. The first-order chi connectivity index (χ1) is 4.61. The Morgan fingerprint density at radius 2 is 1.90 bits per heavy atom. The molecule has 0 aromatic heterocycles. The van der Waals surface area contributed by atoms with Crippen LogP contribution in [0.4, 0.5) is 4.39 Å². The van der Waals surface area contributed by atoms with Crippen LogP contribution in [-0.4, -0.2) is 0 Å². The lowest BCUT2D eigenvalue weighted by molar-refractivity contribution is 0.616. The third-order valence-electron chi connectivity index (χ3n) is 1.57. The van der Waals surface area contributed by atoms with Gasteiger partial charge in [0.1, 0.15) is 5.82 Å². The number of aryl methyl sites for hydroxylation is 1. The minimum Gasteiger partial charge on any atom is -0.207 e. The molecule has 0 saturated heterocycles. The predicted molar refractivity (Wildman–Crippen MR) is 43.6 cm³/mol. The van der Waals surface area contributed by atoms with Crippen LogP contribution in [0.15, 0.2) is 16.6 Å². The van der Waals surface area contributed by atoms with Crippen molar-refractivity contribution in [1.82, 2.24) is 0 Å². The molecule has 0 N–H and O–H groups in total. The zero-order valence-corrected chi connectivity index (χ0v) is 7.50. The van der Waals surface area contributed by atoms with Crippen molar-refractivity contribution in [3.8, 4) is 0 Å². The van der Waals surface area contributed by atoms with Gasteiger partial charge in [-0.2, -0.15) is 0 Å². The largest absolute Gasteiger partial charge is 0.207 e. The average Bonchev–Trinajstić information content (AvgIpc) is 1.82. The molecule has 0 bridgehead atoms. The van der Waals surface area contributed by atoms with Crippen LogP contribution >= 0.6 is 15.9 Å². The Labute approximate surface area is 68.2 Å². The van der Waals surface area contributed by atoms with E-state index in [0.29, 0.717) is 0 Å². The maximum atomic E-state index is 12.8. The lowest BCUT2D eigenvalue weighted by Crippen LogP contribution is -1.86. The molecule has 0 amide bonds. The van der Waals surface area contributed by atoms with Gasteiger partial charge in [0.2, 0.25) is 0 Å². The summed E-state index contributed by atoms with van der Waals surface area (Å²) >= 11 is 3.21. The van der Waals surface area contributed by atoms with Gasteiger partial charge < -0.3 is 0 Å². The standard InChI is InChI=1S/C8H8BrF/c1-5-3-7(9)4-8(10)6(5)2/h3-4H,1-2H3. The molecule has 0 fully saturated rings. The highest BCUT2D eigenvalue weighted by Crippen LogP contribution is 2.18. The molecule has 2 heteroatoms. The molecule has 0 aliphatic heterocycles. The Kier molecular flexibility index (Phi) is 2.09. The summed E-state index contributed by atoms with van der Waals surface area (Å²) in [7, 11) is 0. The summed E-state index contributed by atoms with van der Waals surface area (Å²) in [6.07, 6.45) is 0. The summed E-state index contributed by atoms with van der Waals surface area (Å²) in [6.45, 7) is 3.67. The first-order valence-corrected chi connectivity index (χ1v) is 3.83. The molecule has 1 aromatic rings. The van der Waals surface area contributed by atoms with E-state index in [4.69, 9.17) is 0 Å². The van der Waals surface area contributed by atoms with Gasteiger partial charge >= 0.3 is 0 Å². The highest BCUT2D eigenvalue weighted by molar-refractivity contribution is 9.10. The van der Waals surface area contributed by atoms with Gasteiger partial charge in [0.25, 0.3) is 0 Å². The molecule has 0 spiro atoms. The van der Waals surface area contributed by atoms with Crippen LogP contribution < -0.4 is 0 Å². The maximum absolute atomic E-state index is 12.8. The normalized spacial score (nSPS) is 10.0. The fourth-order valence-corrected chi connectivity index (χ4v) is 1.32. The average molecular weight is 203 g/mol. The van der Waals surface area contributed by atoms with Crippen molar-refractivity contribution in [1.29, 1.82) is 0 Å². The molecule has 0 heterocycles. The molecule has 0 nitrogen and oxygen atoms in total. The molecule has 0 aliphatic rings. The summed E-state index contributed by atoms with van der Waals surface area (Å²) < 4.78 is 13.6. The Balaban J connectivity index is 3.31. The molecule has 0 atom stereocenters. The molecule has 10 heavy (non-hydrogen) atoms. The van der Waals surface area contributed by atoms with Crippen molar-refractivity contribution in [3.05, 3.63) is 33.5 Å². The van der Waals surface area contributed by atoms with Crippen LogP contribution in [0.5, 0.6) is 0 Å². The molecular formula is C8H8BrF. The summed E-state index contributed by atoms with van der Waals surface area (Å²) in [5.41, 5.74) is 1.70. The van der Waals surface area contributed by atoms with Gasteiger partial charge in [-0.1, -0.05) is 15.9 Å². The van der Waals surface area contributed by atoms with Crippen LogP contribution in [0, 0.1) is 19.7 Å². The monoisotopic (exact) mass is 202 g/mol. The molecule has 0 aliphatic carbocycles. The van der Waals surface area contributed by atoms with Crippen LogP contribution in [0.3, 0.4) is 0 Å². The molecule has 0 radical (unpaired) electrons. The third-order valence-corrected chi connectivity index (χ3v) is 2.03. The van der Waals surface area contributed by atoms with Crippen LogP contribution in [0.2, 0.25) is 0 Å². The van der Waals surface area contributed by atoms with Crippen LogP contribution in [0.1, 0.15) is 11.1 Å². The minimum absolute atomic E-state index is 0.146. The topological polar surface area (TPSA) is 0 Å². The lowest BCUT2D eigenvalue weighted by Gasteiger charge is -2.00. The van der Waals surface area contributed by atoms with E-state index in [0.717, 1.165) is 15.6 Å².